The first-order valence-electron chi connectivity index (χ1n) is 11.4. The predicted molar refractivity (Wildman–Crippen MR) is 147 cm³/mol. The molecule has 0 saturated heterocycles. The number of anilines is 2. The van der Waals surface area contributed by atoms with Gasteiger partial charge in [-0.1, -0.05) is 71.4 Å². The third kappa shape index (κ3) is 5.23. The van der Waals surface area contributed by atoms with Crippen molar-refractivity contribution >= 4 is 52.5 Å². The van der Waals surface area contributed by atoms with Crippen LogP contribution in [0.5, 0.6) is 0 Å². The number of carbonyl (C=O) groups is 1. The minimum atomic E-state index is -0.933. The predicted octanol–water partition coefficient (Wildman–Crippen LogP) is 7.25. The van der Waals surface area contributed by atoms with Gasteiger partial charge >= 0.3 is 0 Å². The van der Waals surface area contributed by atoms with Crippen LogP contribution in [0.15, 0.2) is 83.2 Å². The van der Waals surface area contributed by atoms with Crippen molar-refractivity contribution in [3.05, 3.63) is 111 Å². The van der Waals surface area contributed by atoms with Crippen LogP contribution in [0.1, 0.15) is 29.7 Å². The third-order valence-corrected chi connectivity index (χ3v) is 7.53. The Morgan fingerprint density at radius 2 is 1.84 bits per heavy atom. The maximum atomic E-state index is 15.3. The summed E-state index contributed by atoms with van der Waals surface area (Å²) in [6.45, 7) is 3.69. The molecule has 2 heterocycles. The number of nitrogens with one attached hydrogen (secondary N) is 2. The molecule has 1 atom stereocenters. The van der Waals surface area contributed by atoms with Crippen LogP contribution in [0.2, 0.25) is 10.0 Å². The second-order valence-corrected chi connectivity index (χ2v) is 10.3. The summed E-state index contributed by atoms with van der Waals surface area (Å²) in [5, 5.41) is 12.0. The lowest BCUT2D eigenvalue weighted by molar-refractivity contribution is -0.113. The lowest BCUT2D eigenvalue weighted by Gasteiger charge is -2.29. The van der Waals surface area contributed by atoms with Gasteiger partial charge in [-0.15, -0.1) is 5.10 Å². The van der Waals surface area contributed by atoms with Gasteiger partial charge in [0.2, 0.25) is 11.1 Å². The zero-order chi connectivity index (χ0) is 26.1. The van der Waals surface area contributed by atoms with E-state index in [1.54, 1.807) is 19.1 Å². The van der Waals surface area contributed by atoms with Crippen LogP contribution in [0, 0.1) is 12.7 Å². The number of carbonyl (C=O) groups excluding carboxylic acids is 1. The van der Waals surface area contributed by atoms with Crippen molar-refractivity contribution in [2.45, 2.75) is 30.8 Å². The molecule has 2 N–H and O–H groups in total. The summed E-state index contributed by atoms with van der Waals surface area (Å²) in [6.07, 6.45) is 0. The molecular weight excluding hydrogens is 532 g/mol. The van der Waals surface area contributed by atoms with E-state index in [0.29, 0.717) is 33.3 Å². The lowest BCUT2D eigenvalue weighted by atomic mass is 9.94. The molecule has 6 nitrogen and oxygen atoms in total. The van der Waals surface area contributed by atoms with Crippen molar-refractivity contribution in [1.29, 1.82) is 0 Å². The number of aromatic nitrogens is 3. The van der Waals surface area contributed by atoms with E-state index >= 15 is 4.39 Å². The minimum Gasteiger partial charge on any atom is -0.328 e. The Hall–Kier alpha value is -3.33. The number of hydrogen-bond donors (Lipinski definition) is 2. The first-order valence-corrected chi connectivity index (χ1v) is 13.2. The number of nitrogens with zero attached hydrogens (tertiary/aromatic N) is 3. The average molecular weight is 554 g/mol. The third-order valence-electron chi connectivity index (χ3n) is 5.94. The summed E-state index contributed by atoms with van der Waals surface area (Å²) < 4.78 is 16.8. The number of halogens is 3. The Kier molecular flexibility index (Phi) is 7.24. The molecule has 1 aliphatic heterocycles. The monoisotopic (exact) mass is 553 g/mol. The second kappa shape index (κ2) is 10.6. The van der Waals surface area contributed by atoms with E-state index < -0.39 is 17.8 Å². The van der Waals surface area contributed by atoms with E-state index in [1.807, 2.05) is 49.4 Å². The fraction of sp³-hybridized carbons (Fsp3) is 0.148. The molecule has 1 aromatic heterocycles. The zero-order valence-electron chi connectivity index (χ0n) is 19.9. The Bertz CT molecular complexity index is 1520. The van der Waals surface area contributed by atoms with Crippen LogP contribution in [0.3, 0.4) is 0 Å². The van der Waals surface area contributed by atoms with Crippen LogP contribution in [-0.4, -0.2) is 20.7 Å². The van der Waals surface area contributed by atoms with Gasteiger partial charge in [0, 0.05) is 32.7 Å². The summed E-state index contributed by atoms with van der Waals surface area (Å²) in [7, 11) is 0. The molecule has 1 amide bonds. The van der Waals surface area contributed by atoms with Gasteiger partial charge in [-0.05, 0) is 55.3 Å². The number of thioether (sulfide) groups is 1. The van der Waals surface area contributed by atoms with E-state index in [-0.39, 0.29) is 16.2 Å². The molecular formula is C27H22Cl2FN5OS. The van der Waals surface area contributed by atoms with Crippen LogP contribution < -0.4 is 10.6 Å². The van der Waals surface area contributed by atoms with Crippen molar-refractivity contribution in [3.8, 4) is 0 Å². The topological polar surface area (TPSA) is 71.8 Å². The number of aryl methyl sites for hydroxylation is 1. The summed E-state index contributed by atoms with van der Waals surface area (Å²) in [5.74, 6) is -0.0110. The van der Waals surface area contributed by atoms with E-state index in [2.05, 4.69) is 20.7 Å². The van der Waals surface area contributed by atoms with Crippen LogP contribution in [-0.2, 0) is 10.5 Å². The fourth-order valence-corrected chi connectivity index (χ4v) is 5.59. The van der Waals surface area contributed by atoms with Gasteiger partial charge in [0.1, 0.15) is 11.9 Å². The largest absolute Gasteiger partial charge is 0.328 e. The highest BCUT2D eigenvalue weighted by atomic mass is 35.5. The molecule has 4 aromatic rings. The van der Waals surface area contributed by atoms with E-state index in [1.165, 1.54) is 28.6 Å². The second-order valence-electron chi connectivity index (χ2n) is 8.57. The highest BCUT2D eigenvalue weighted by Crippen LogP contribution is 2.40. The quantitative estimate of drug-likeness (QED) is 0.246. The van der Waals surface area contributed by atoms with Gasteiger partial charge in [-0.25, -0.2) is 9.07 Å². The van der Waals surface area contributed by atoms with Crippen molar-refractivity contribution in [2.75, 3.05) is 10.6 Å². The van der Waals surface area contributed by atoms with E-state index in [4.69, 9.17) is 23.2 Å². The first-order chi connectivity index (χ1) is 17.8. The standard InChI is InChI=1S/C27H22Cl2FN5OS/c1-15-7-5-9-18(13-15)32-25(36)22-16(2)31-26-33-27(37-14-17-8-3-4-10-19(17)28)34-35(26)24(22)23-20(29)11-6-12-21(23)30/h3-13,24H,14H2,1-2H3,(H,32,36)(H,31,33,34). The van der Waals surface area contributed by atoms with Crippen LogP contribution in [0.4, 0.5) is 16.0 Å². The molecule has 5 rings (SSSR count). The molecule has 1 aliphatic rings. The average Bonchev–Trinajstić information content (AvgIpc) is 3.25. The fourth-order valence-electron chi connectivity index (χ4n) is 4.20. The number of rotatable bonds is 6. The molecule has 37 heavy (non-hydrogen) atoms. The van der Waals surface area contributed by atoms with Gasteiger partial charge in [0.05, 0.1) is 5.57 Å². The molecule has 0 saturated carbocycles. The van der Waals surface area contributed by atoms with Crippen LogP contribution in [0.25, 0.3) is 0 Å². The van der Waals surface area contributed by atoms with E-state index in [0.717, 1.165) is 11.1 Å². The van der Waals surface area contributed by atoms with Gasteiger partial charge in [0.15, 0.2) is 0 Å². The maximum absolute atomic E-state index is 15.3. The lowest BCUT2D eigenvalue weighted by Crippen LogP contribution is -2.32. The number of benzene rings is 3. The normalized spacial score (nSPS) is 14.8. The molecule has 0 bridgehead atoms. The minimum absolute atomic E-state index is 0.146. The summed E-state index contributed by atoms with van der Waals surface area (Å²) in [5.41, 5.74) is 3.52. The summed E-state index contributed by atoms with van der Waals surface area (Å²) in [6, 6.07) is 18.5. The van der Waals surface area contributed by atoms with Gasteiger partial charge in [0.25, 0.3) is 5.91 Å². The number of allylic oxidation sites excluding steroid dienone is 1. The molecule has 0 fully saturated rings. The van der Waals surface area contributed by atoms with Crippen molar-refractivity contribution in [1.82, 2.24) is 14.8 Å². The number of hydrogen-bond acceptors (Lipinski definition) is 5. The Morgan fingerprint density at radius 3 is 2.59 bits per heavy atom. The Labute approximate surface area is 227 Å². The SMILES string of the molecule is CC1=C(C(=O)Nc2cccc(C)c2)C(c2c(F)cccc2Cl)n2nc(SCc3ccccc3Cl)nc2N1. The Balaban J connectivity index is 1.54. The first kappa shape index (κ1) is 25.3. The van der Waals surface area contributed by atoms with Crippen LogP contribution >= 0.6 is 35.0 Å². The number of fused-ring (bicyclic) bond motifs is 1. The van der Waals surface area contributed by atoms with E-state index in [9.17, 15) is 4.79 Å². The zero-order valence-corrected chi connectivity index (χ0v) is 22.3. The molecule has 1 unspecified atom stereocenters. The maximum Gasteiger partial charge on any atom is 0.255 e. The molecule has 188 valence electrons. The molecule has 10 heteroatoms. The van der Waals surface area contributed by atoms with Gasteiger partial charge < -0.3 is 10.6 Å². The van der Waals surface area contributed by atoms with Crippen molar-refractivity contribution < 1.29 is 9.18 Å². The summed E-state index contributed by atoms with van der Waals surface area (Å²) >= 11 is 14.2. The van der Waals surface area contributed by atoms with Crippen molar-refractivity contribution in [2.24, 2.45) is 0 Å². The molecule has 0 radical (unpaired) electrons. The number of amides is 1. The Morgan fingerprint density at radius 1 is 1.08 bits per heavy atom. The summed E-state index contributed by atoms with van der Waals surface area (Å²) in [4.78, 5) is 18.2. The highest BCUT2D eigenvalue weighted by molar-refractivity contribution is 7.98. The highest BCUT2D eigenvalue weighted by Gasteiger charge is 2.37. The van der Waals surface area contributed by atoms with Crippen molar-refractivity contribution in [3.63, 3.8) is 0 Å². The van der Waals surface area contributed by atoms with Gasteiger partial charge in [-0.3, -0.25) is 4.79 Å². The molecule has 3 aromatic carbocycles. The smallest absolute Gasteiger partial charge is 0.255 e. The molecule has 0 spiro atoms. The van der Waals surface area contributed by atoms with Gasteiger partial charge in [-0.2, -0.15) is 4.98 Å². The molecule has 0 aliphatic carbocycles.